The van der Waals surface area contributed by atoms with Gasteiger partial charge in [0, 0.05) is 43.8 Å². The number of carbonyl (C=O) groups excluding carboxylic acids is 2. The van der Waals surface area contributed by atoms with Crippen LogP contribution in [-0.4, -0.2) is 53.0 Å². The Morgan fingerprint density at radius 1 is 1.08 bits per heavy atom. The van der Waals surface area contributed by atoms with Crippen LogP contribution in [0.25, 0.3) is 0 Å². The second-order valence-electron chi connectivity index (χ2n) is 5.73. The fraction of sp³-hybridized carbons (Fsp3) is 0.333. The van der Waals surface area contributed by atoms with Crippen molar-refractivity contribution < 1.29 is 19.1 Å². The molecule has 0 radical (unpaired) electrons. The monoisotopic (exact) mass is 341 g/mol. The lowest BCUT2D eigenvalue weighted by Gasteiger charge is -2.32. The van der Waals surface area contributed by atoms with Crippen LogP contribution in [-0.2, 0) is 4.74 Å². The molecule has 25 heavy (non-hydrogen) atoms. The maximum Gasteiger partial charge on any atom is 0.337 e. The van der Waals surface area contributed by atoms with Gasteiger partial charge < -0.3 is 14.4 Å². The fourth-order valence-corrected chi connectivity index (χ4v) is 2.75. The number of rotatable bonds is 4. The predicted molar refractivity (Wildman–Crippen MR) is 89.4 cm³/mol. The molecule has 3 rings (SSSR count). The van der Waals surface area contributed by atoms with E-state index in [1.165, 1.54) is 13.4 Å². The largest absolute Gasteiger partial charge is 0.474 e. The molecule has 7 heteroatoms. The standard InChI is InChI=1S/C18H19N3O4/c1-24-18(23)14-4-2-13(3-5-14)17(22)21-10-7-15(8-11-21)25-16-6-9-19-12-20-16/h2-6,9,12,15H,7-8,10-11H2,1H3. The van der Waals surface area contributed by atoms with Crippen LogP contribution < -0.4 is 4.74 Å². The summed E-state index contributed by atoms with van der Waals surface area (Å²) in [5, 5.41) is 0. The number of piperidine rings is 1. The highest BCUT2D eigenvalue weighted by Gasteiger charge is 2.25. The first-order valence-corrected chi connectivity index (χ1v) is 8.07. The zero-order valence-electron chi connectivity index (χ0n) is 13.9. The lowest BCUT2D eigenvalue weighted by atomic mass is 10.1. The number of carbonyl (C=O) groups is 2. The van der Waals surface area contributed by atoms with Gasteiger partial charge in [-0.1, -0.05) is 0 Å². The van der Waals surface area contributed by atoms with Gasteiger partial charge in [0.15, 0.2) is 0 Å². The SMILES string of the molecule is COC(=O)c1ccc(C(=O)N2CCC(Oc3ccncn3)CC2)cc1. The summed E-state index contributed by atoms with van der Waals surface area (Å²) in [5.41, 5.74) is 0.985. The van der Waals surface area contributed by atoms with E-state index >= 15 is 0 Å². The molecule has 2 aromatic rings. The summed E-state index contributed by atoms with van der Waals surface area (Å²) in [7, 11) is 1.33. The maximum absolute atomic E-state index is 12.6. The van der Waals surface area contributed by atoms with Crippen molar-refractivity contribution in [3.8, 4) is 5.88 Å². The molecular weight excluding hydrogens is 322 g/mol. The van der Waals surface area contributed by atoms with Crippen LogP contribution in [0.15, 0.2) is 42.9 Å². The van der Waals surface area contributed by atoms with E-state index in [1.54, 1.807) is 41.4 Å². The summed E-state index contributed by atoms with van der Waals surface area (Å²) in [4.78, 5) is 33.7. The number of methoxy groups -OCH3 is 1. The van der Waals surface area contributed by atoms with Crippen LogP contribution >= 0.6 is 0 Å². The molecule has 1 fully saturated rings. The smallest absolute Gasteiger partial charge is 0.337 e. The van der Waals surface area contributed by atoms with Crippen molar-refractivity contribution in [2.24, 2.45) is 0 Å². The average molecular weight is 341 g/mol. The van der Waals surface area contributed by atoms with Crippen LogP contribution in [0.5, 0.6) is 5.88 Å². The van der Waals surface area contributed by atoms with Crippen LogP contribution in [0.2, 0.25) is 0 Å². The van der Waals surface area contributed by atoms with Crippen molar-refractivity contribution in [1.29, 1.82) is 0 Å². The van der Waals surface area contributed by atoms with E-state index in [-0.39, 0.29) is 12.0 Å². The predicted octanol–water partition coefficient (Wildman–Crippen LogP) is 1.95. The molecular formula is C18H19N3O4. The van der Waals surface area contributed by atoms with Crippen molar-refractivity contribution in [3.05, 3.63) is 54.0 Å². The molecule has 1 aromatic heterocycles. The molecule has 2 heterocycles. The summed E-state index contributed by atoms with van der Waals surface area (Å²) in [5.74, 6) is 0.0942. The molecule has 7 nitrogen and oxygen atoms in total. The highest BCUT2D eigenvalue weighted by Crippen LogP contribution is 2.18. The number of benzene rings is 1. The Morgan fingerprint density at radius 2 is 1.76 bits per heavy atom. The molecule has 0 saturated carbocycles. The third kappa shape index (κ3) is 4.12. The first-order chi connectivity index (χ1) is 12.2. The van der Waals surface area contributed by atoms with Crippen LogP contribution in [0.3, 0.4) is 0 Å². The van der Waals surface area contributed by atoms with Crippen molar-refractivity contribution in [3.63, 3.8) is 0 Å². The number of ether oxygens (including phenoxy) is 2. The van der Waals surface area contributed by atoms with E-state index in [4.69, 9.17) is 4.74 Å². The third-order valence-electron chi connectivity index (χ3n) is 4.12. The number of likely N-dealkylation sites (tertiary alicyclic amines) is 1. The number of esters is 1. The Labute approximate surface area is 145 Å². The van der Waals surface area contributed by atoms with Crippen molar-refractivity contribution >= 4 is 11.9 Å². The van der Waals surface area contributed by atoms with Gasteiger partial charge in [0.2, 0.25) is 5.88 Å². The van der Waals surface area contributed by atoms with Crippen LogP contribution in [0.1, 0.15) is 33.6 Å². The molecule has 0 unspecified atom stereocenters. The molecule has 1 saturated heterocycles. The van der Waals surface area contributed by atoms with E-state index in [0.717, 1.165) is 12.8 Å². The zero-order chi connectivity index (χ0) is 17.6. The van der Waals surface area contributed by atoms with Gasteiger partial charge in [-0.2, -0.15) is 0 Å². The van der Waals surface area contributed by atoms with Gasteiger partial charge in [-0.05, 0) is 24.3 Å². The second kappa shape index (κ2) is 7.74. The molecule has 0 spiro atoms. The Bertz CT molecular complexity index is 726. The fourth-order valence-electron chi connectivity index (χ4n) is 2.75. The number of aromatic nitrogens is 2. The molecule has 0 N–H and O–H groups in total. The summed E-state index contributed by atoms with van der Waals surface area (Å²) in [6, 6.07) is 8.23. The minimum absolute atomic E-state index is 0.0423. The highest BCUT2D eigenvalue weighted by atomic mass is 16.5. The van der Waals surface area contributed by atoms with Crippen molar-refractivity contribution in [1.82, 2.24) is 14.9 Å². The quantitative estimate of drug-likeness (QED) is 0.791. The second-order valence-corrected chi connectivity index (χ2v) is 5.73. The summed E-state index contributed by atoms with van der Waals surface area (Å²) in [6.07, 6.45) is 4.62. The van der Waals surface area contributed by atoms with Gasteiger partial charge in [-0.3, -0.25) is 4.79 Å². The van der Waals surface area contributed by atoms with Crippen molar-refractivity contribution in [2.75, 3.05) is 20.2 Å². The van der Waals surface area contributed by atoms with E-state index in [9.17, 15) is 9.59 Å². The van der Waals surface area contributed by atoms with E-state index < -0.39 is 5.97 Å². The highest BCUT2D eigenvalue weighted by molar-refractivity contribution is 5.96. The van der Waals surface area contributed by atoms with Crippen LogP contribution in [0, 0.1) is 0 Å². The molecule has 1 aliphatic rings. The molecule has 1 amide bonds. The van der Waals surface area contributed by atoms with Gasteiger partial charge in [-0.25, -0.2) is 14.8 Å². The maximum atomic E-state index is 12.6. The third-order valence-corrected chi connectivity index (χ3v) is 4.12. The van der Waals surface area contributed by atoms with Crippen molar-refractivity contribution in [2.45, 2.75) is 18.9 Å². The van der Waals surface area contributed by atoms with Gasteiger partial charge in [0.05, 0.1) is 12.7 Å². The molecule has 0 bridgehead atoms. The first kappa shape index (κ1) is 16.9. The van der Waals surface area contributed by atoms with Gasteiger partial charge in [0.1, 0.15) is 12.4 Å². The van der Waals surface area contributed by atoms with E-state index in [1.807, 2.05) is 0 Å². The molecule has 0 aliphatic carbocycles. The van der Waals surface area contributed by atoms with E-state index in [2.05, 4.69) is 14.7 Å². The first-order valence-electron chi connectivity index (χ1n) is 8.07. The Hall–Kier alpha value is -2.96. The average Bonchev–Trinajstić information content (AvgIpc) is 2.68. The van der Waals surface area contributed by atoms with Gasteiger partial charge in [0.25, 0.3) is 5.91 Å². The normalized spacial score (nSPS) is 14.8. The number of hydrogen-bond acceptors (Lipinski definition) is 6. The van der Waals surface area contributed by atoms with Gasteiger partial charge >= 0.3 is 5.97 Å². The minimum atomic E-state index is -0.415. The minimum Gasteiger partial charge on any atom is -0.474 e. The summed E-state index contributed by atoms with van der Waals surface area (Å²) < 4.78 is 10.5. The number of hydrogen-bond donors (Lipinski definition) is 0. The Morgan fingerprint density at radius 3 is 2.36 bits per heavy atom. The molecule has 0 atom stereocenters. The number of amides is 1. The Kier molecular flexibility index (Phi) is 5.23. The lowest BCUT2D eigenvalue weighted by Crippen LogP contribution is -2.41. The summed E-state index contributed by atoms with van der Waals surface area (Å²) >= 11 is 0. The van der Waals surface area contributed by atoms with E-state index in [0.29, 0.717) is 30.1 Å². The van der Waals surface area contributed by atoms with Gasteiger partial charge in [-0.15, -0.1) is 0 Å². The number of nitrogens with zero attached hydrogens (tertiary/aromatic N) is 3. The zero-order valence-corrected chi connectivity index (χ0v) is 13.9. The molecule has 1 aromatic carbocycles. The molecule has 130 valence electrons. The molecule has 1 aliphatic heterocycles. The Balaban J connectivity index is 1.55. The lowest BCUT2D eigenvalue weighted by molar-refractivity contribution is 0.0579. The summed E-state index contributed by atoms with van der Waals surface area (Å²) in [6.45, 7) is 1.24. The van der Waals surface area contributed by atoms with Crippen LogP contribution in [0.4, 0.5) is 0 Å². The topological polar surface area (TPSA) is 81.6 Å².